The van der Waals surface area contributed by atoms with E-state index in [9.17, 15) is 9.59 Å². The zero-order valence-electron chi connectivity index (χ0n) is 11.9. The van der Waals surface area contributed by atoms with Crippen molar-refractivity contribution in [3.63, 3.8) is 0 Å². The SMILES string of the molecule is CC(C)(NC(=O)N1CCC2(CCCC2)CC1)C(=O)O. The fraction of sp³-hybridized carbons (Fsp3) is 0.857. The average Bonchev–Trinajstić information content (AvgIpc) is 2.77. The summed E-state index contributed by atoms with van der Waals surface area (Å²) < 4.78 is 0. The molecule has 0 bridgehead atoms. The van der Waals surface area contributed by atoms with Crippen LogP contribution in [0.15, 0.2) is 0 Å². The molecular weight excluding hydrogens is 244 g/mol. The van der Waals surface area contributed by atoms with E-state index in [0.29, 0.717) is 5.41 Å². The first-order valence-corrected chi connectivity index (χ1v) is 7.15. The van der Waals surface area contributed by atoms with Crippen LogP contribution in [0.25, 0.3) is 0 Å². The number of hydrogen-bond acceptors (Lipinski definition) is 2. The van der Waals surface area contributed by atoms with Gasteiger partial charge in [0.05, 0.1) is 0 Å². The van der Waals surface area contributed by atoms with Crippen LogP contribution in [0.5, 0.6) is 0 Å². The third-order valence-electron chi connectivity index (χ3n) is 4.73. The number of carbonyl (C=O) groups is 2. The average molecular weight is 268 g/mol. The molecule has 5 nitrogen and oxygen atoms in total. The molecule has 5 heteroatoms. The van der Waals surface area contributed by atoms with Crippen LogP contribution in [0.2, 0.25) is 0 Å². The Labute approximate surface area is 114 Å². The van der Waals surface area contributed by atoms with Crippen LogP contribution in [0.3, 0.4) is 0 Å². The van der Waals surface area contributed by atoms with Gasteiger partial charge >= 0.3 is 12.0 Å². The van der Waals surface area contributed by atoms with Gasteiger partial charge in [-0.05, 0) is 44.9 Å². The number of piperidine rings is 1. The van der Waals surface area contributed by atoms with Gasteiger partial charge in [0.2, 0.25) is 0 Å². The van der Waals surface area contributed by atoms with Crippen LogP contribution in [-0.2, 0) is 4.79 Å². The smallest absolute Gasteiger partial charge is 0.328 e. The Morgan fingerprint density at radius 1 is 1.11 bits per heavy atom. The van der Waals surface area contributed by atoms with Gasteiger partial charge in [0.15, 0.2) is 0 Å². The molecule has 2 fully saturated rings. The molecule has 1 aliphatic heterocycles. The maximum atomic E-state index is 12.1. The van der Waals surface area contributed by atoms with Crippen LogP contribution < -0.4 is 5.32 Å². The number of amides is 2. The lowest BCUT2D eigenvalue weighted by molar-refractivity contribution is -0.143. The fourth-order valence-corrected chi connectivity index (χ4v) is 3.21. The summed E-state index contributed by atoms with van der Waals surface area (Å²) in [5, 5.41) is 11.6. The molecule has 0 aromatic rings. The lowest BCUT2D eigenvalue weighted by Gasteiger charge is -2.40. The van der Waals surface area contributed by atoms with Crippen LogP contribution in [-0.4, -0.2) is 40.6 Å². The standard InChI is InChI=1S/C14H24N2O3/c1-13(2,11(17)18)15-12(19)16-9-7-14(8-10-16)5-3-4-6-14/h3-10H2,1-2H3,(H,15,19)(H,17,18). The van der Waals surface area contributed by atoms with Crippen molar-refractivity contribution < 1.29 is 14.7 Å². The highest BCUT2D eigenvalue weighted by atomic mass is 16.4. The number of carboxylic acids is 1. The molecule has 1 saturated carbocycles. The molecule has 0 aromatic carbocycles. The van der Waals surface area contributed by atoms with Gasteiger partial charge in [-0.25, -0.2) is 9.59 Å². The van der Waals surface area contributed by atoms with Gasteiger partial charge < -0.3 is 15.3 Å². The molecular formula is C14H24N2O3. The van der Waals surface area contributed by atoms with Gasteiger partial charge in [0.25, 0.3) is 0 Å². The minimum Gasteiger partial charge on any atom is -0.480 e. The molecule has 0 atom stereocenters. The number of nitrogens with one attached hydrogen (secondary N) is 1. The van der Waals surface area contributed by atoms with E-state index in [-0.39, 0.29) is 6.03 Å². The first kappa shape index (κ1) is 14.2. The molecule has 1 aliphatic carbocycles. The van der Waals surface area contributed by atoms with E-state index in [2.05, 4.69) is 5.32 Å². The summed E-state index contributed by atoms with van der Waals surface area (Å²) in [6.45, 7) is 4.52. The van der Waals surface area contributed by atoms with E-state index in [0.717, 1.165) is 25.9 Å². The number of aliphatic carboxylic acids is 1. The third-order valence-corrected chi connectivity index (χ3v) is 4.73. The predicted octanol–water partition coefficient (Wildman–Crippen LogP) is 2.22. The van der Waals surface area contributed by atoms with Crippen LogP contribution in [0.1, 0.15) is 52.4 Å². The van der Waals surface area contributed by atoms with Gasteiger partial charge in [-0.3, -0.25) is 0 Å². The Balaban J connectivity index is 1.87. The molecule has 2 aliphatic rings. The molecule has 2 rings (SSSR count). The first-order chi connectivity index (χ1) is 8.85. The van der Waals surface area contributed by atoms with Crippen molar-refractivity contribution in [3.8, 4) is 0 Å². The zero-order chi connectivity index (χ0) is 14.1. The Morgan fingerprint density at radius 3 is 2.11 bits per heavy atom. The maximum Gasteiger partial charge on any atom is 0.328 e. The lowest BCUT2D eigenvalue weighted by Crippen LogP contribution is -2.56. The van der Waals surface area contributed by atoms with E-state index in [1.54, 1.807) is 4.90 Å². The molecule has 0 unspecified atom stereocenters. The van der Waals surface area contributed by atoms with Crippen molar-refractivity contribution in [1.29, 1.82) is 0 Å². The van der Waals surface area contributed by atoms with Crippen molar-refractivity contribution in [2.24, 2.45) is 5.41 Å². The summed E-state index contributed by atoms with van der Waals surface area (Å²) >= 11 is 0. The summed E-state index contributed by atoms with van der Waals surface area (Å²) in [7, 11) is 0. The van der Waals surface area contributed by atoms with Crippen molar-refractivity contribution in [2.45, 2.75) is 57.9 Å². The maximum absolute atomic E-state index is 12.1. The van der Waals surface area contributed by atoms with Gasteiger partial charge in [-0.2, -0.15) is 0 Å². The number of nitrogens with zero attached hydrogens (tertiary/aromatic N) is 1. The predicted molar refractivity (Wildman–Crippen MR) is 72.0 cm³/mol. The summed E-state index contributed by atoms with van der Waals surface area (Å²) in [6, 6.07) is -0.250. The van der Waals surface area contributed by atoms with Gasteiger partial charge in [0, 0.05) is 13.1 Å². The monoisotopic (exact) mass is 268 g/mol. The summed E-state index contributed by atoms with van der Waals surface area (Å²) in [4.78, 5) is 24.8. The Kier molecular flexibility index (Phi) is 3.74. The second-order valence-corrected chi connectivity index (χ2v) is 6.55. The normalized spacial score (nSPS) is 22.5. The molecule has 1 spiro atoms. The second-order valence-electron chi connectivity index (χ2n) is 6.55. The van der Waals surface area contributed by atoms with Crippen molar-refractivity contribution in [3.05, 3.63) is 0 Å². The molecule has 1 saturated heterocycles. The van der Waals surface area contributed by atoms with Crippen LogP contribution in [0, 0.1) is 5.41 Å². The highest BCUT2D eigenvalue weighted by molar-refractivity contribution is 5.85. The summed E-state index contributed by atoms with van der Waals surface area (Å²) in [6.07, 6.45) is 7.35. The summed E-state index contributed by atoms with van der Waals surface area (Å²) in [5.74, 6) is -1.01. The minimum absolute atomic E-state index is 0.250. The molecule has 0 aromatic heterocycles. The topological polar surface area (TPSA) is 69.6 Å². The number of rotatable bonds is 2. The highest BCUT2D eigenvalue weighted by Crippen LogP contribution is 2.46. The fourth-order valence-electron chi connectivity index (χ4n) is 3.21. The number of likely N-dealkylation sites (tertiary alicyclic amines) is 1. The Hall–Kier alpha value is -1.26. The zero-order valence-corrected chi connectivity index (χ0v) is 11.9. The Morgan fingerprint density at radius 2 is 1.63 bits per heavy atom. The molecule has 2 N–H and O–H groups in total. The number of carbonyl (C=O) groups excluding carboxylic acids is 1. The second kappa shape index (κ2) is 5.02. The van der Waals surface area contributed by atoms with Crippen molar-refractivity contribution >= 4 is 12.0 Å². The van der Waals surface area contributed by atoms with Crippen LogP contribution in [0.4, 0.5) is 4.79 Å². The molecule has 1 heterocycles. The van der Waals surface area contributed by atoms with Gasteiger partial charge in [-0.1, -0.05) is 12.8 Å². The number of carboxylic acid groups (broad SMARTS) is 1. The van der Waals surface area contributed by atoms with E-state index in [4.69, 9.17) is 5.11 Å². The van der Waals surface area contributed by atoms with Crippen LogP contribution >= 0.6 is 0 Å². The quantitative estimate of drug-likeness (QED) is 0.806. The van der Waals surface area contributed by atoms with Crippen molar-refractivity contribution in [2.75, 3.05) is 13.1 Å². The third kappa shape index (κ3) is 3.01. The number of hydrogen-bond donors (Lipinski definition) is 2. The largest absolute Gasteiger partial charge is 0.480 e. The van der Waals surface area contributed by atoms with E-state index in [1.165, 1.54) is 39.5 Å². The van der Waals surface area contributed by atoms with Gasteiger partial charge in [-0.15, -0.1) is 0 Å². The van der Waals surface area contributed by atoms with E-state index < -0.39 is 11.5 Å². The van der Waals surface area contributed by atoms with E-state index in [1.807, 2.05) is 0 Å². The minimum atomic E-state index is -1.21. The summed E-state index contributed by atoms with van der Waals surface area (Å²) in [5.41, 5.74) is -0.737. The molecule has 108 valence electrons. The molecule has 2 amide bonds. The molecule has 19 heavy (non-hydrogen) atoms. The van der Waals surface area contributed by atoms with Gasteiger partial charge in [0.1, 0.15) is 5.54 Å². The van der Waals surface area contributed by atoms with Crippen molar-refractivity contribution in [1.82, 2.24) is 10.2 Å². The highest BCUT2D eigenvalue weighted by Gasteiger charge is 2.39. The van der Waals surface area contributed by atoms with E-state index >= 15 is 0 Å². The first-order valence-electron chi connectivity index (χ1n) is 7.15. The lowest BCUT2D eigenvalue weighted by atomic mass is 9.77. The molecule has 0 radical (unpaired) electrons. The number of urea groups is 1. The Bertz CT molecular complexity index is 363.